The highest BCUT2D eigenvalue weighted by molar-refractivity contribution is 6.33. The summed E-state index contributed by atoms with van der Waals surface area (Å²) >= 11 is 5.99. The van der Waals surface area contributed by atoms with E-state index in [9.17, 15) is 4.79 Å². The molecule has 0 fully saturated rings. The Bertz CT molecular complexity index is 818. The maximum Gasteiger partial charge on any atom is 0.262 e. The molecular weight excluding hydrogens is 302 g/mol. The molecule has 6 heteroatoms. The first-order chi connectivity index (χ1) is 10.7. The topological polar surface area (TPSA) is 64.1 Å². The zero-order valence-corrected chi connectivity index (χ0v) is 12.2. The van der Waals surface area contributed by atoms with Gasteiger partial charge in [0.15, 0.2) is 6.61 Å². The van der Waals surface area contributed by atoms with Crippen molar-refractivity contribution in [2.24, 2.45) is 0 Å². The van der Waals surface area contributed by atoms with E-state index in [-0.39, 0.29) is 12.5 Å². The minimum absolute atomic E-state index is 0.173. The second kappa shape index (κ2) is 6.41. The van der Waals surface area contributed by atoms with Crippen LogP contribution in [0.5, 0.6) is 5.88 Å². The van der Waals surface area contributed by atoms with E-state index in [4.69, 9.17) is 16.3 Å². The lowest BCUT2D eigenvalue weighted by molar-refractivity contribution is -0.118. The SMILES string of the molecule is O=C(COc1nncc2ccccc12)Nc1ccccc1Cl. The standard InChI is InChI=1S/C16H12ClN3O2/c17-13-7-3-4-8-14(13)19-15(21)10-22-16-12-6-2-1-5-11(12)9-18-20-16/h1-9H,10H2,(H,19,21). The minimum Gasteiger partial charge on any atom is -0.466 e. The van der Waals surface area contributed by atoms with Gasteiger partial charge in [0.25, 0.3) is 5.91 Å². The summed E-state index contributed by atoms with van der Waals surface area (Å²) in [4.78, 5) is 11.9. The number of carbonyl (C=O) groups is 1. The number of aromatic nitrogens is 2. The largest absolute Gasteiger partial charge is 0.466 e. The molecule has 0 aliphatic rings. The molecule has 3 aromatic rings. The van der Waals surface area contributed by atoms with Gasteiger partial charge in [-0.2, -0.15) is 5.10 Å². The van der Waals surface area contributed by atoms with E-state index in [0.29, 0.717) is 16.6 Å². The third kappa shape index (κ3) is 3.15. The summed E-state index contributed by atoms with van der Waals surface area (Å²) in [5.74, 6) is 0.00948. The Morgan fingerprint density at radius 1 is 1.14 bits per heavy atom. The molecule has 3 rings (SSSR count). The zero-order chi connectivity index (χ0) is 15.4. The molecule has 0 saturated heterocycles. The van der Waals surface area contributed by atoms with Gasteiger partial charge in [-0.05, 0) is 18.2 Å². The van der Waals surface area contributed by atoms with Crippen molar-refractivity contribution in [1.29, 1.82) is 0 Å². The molecule has 1 amide bonds. The molecule has 0 bridgehead atoms. The summed E-state index contributed by atoms with van der Waals surface area (Å²) in [6.07, 6.45) is 1.64. The van der Waals surface area contributed by atoms with E-state index >= 15 is 0 Å². The van der Waals surface area contributed by atoms with Crippen molar-refractivity contribution in [3.05, 3.63) is 59.8 Å². The van der Waals surface area contributed by atoms with Crippen molar-refractivity contribution >= 4 is 34.0 Å². The summed E-state index contributed by atoms with van der Waals surface area (Å²) < 4.78 is 5.46. The second-order valence-electron chi connectivity index (χ2n) is 4.55. The van der Waals surface area contributed by atoms with E-state index in [1.54, 1.807) is 30.5 Å². The lowest BCUT2D eigenvalue weighted by Gasteiger charge is -2.09. The monoisotopic (exact) mass is 313 g/mol. The van der Waals surface area contributed by atoms with Crippen molar-refractivity contribution in [2.45, 2.75) is 0 Å². The van der Waals surface area contributed by atoms with Crippen molar-refractivity contribution < 1.29 is 9.53 Å². The average Bonchev–Trinajstić information content (AvgIpc) is 2.55. The molecule has 5 nitrogen and oxygen atoms in total. The van der Waals surface area contributed by atoms with Gasteiger partial charge in [-0.3, -0.25) is 4.79 Å². The first kappa shape index (κ1) is 14.3. The van der Waals surface area contributed by atoms with Gasteiger partial charge >= 0.3 is 0 Å². The third-order valence-corrected chi connectivity index (χ3v) is 3.35. The highest BCUT2D eigenvalue weighted by Gasteiger charge is 2.09. The molecule has 110 valence electrons. The van der Waals surface area contributed by atoms with Crippen LogP contribution in [0.15, 0.2) is 54.7 Å². The number of ether oxygens (including phenoxy) is 1. The lowest BCUT2D eigenvalue weighted by atomic mass is 10.2. The number of benzene rings is 2. The van der Waals surface area contributed by atoms with Gasteiger partial charge in [-0.25, -0.2) is 0 Å². The van der Waals surface area contributed by atoms with Crippen molar-refractivity contribution in [1.82, 2.24) is 10.2 Å². The molecule has 1 heterocycles. The van der Waals surface area contributed by atoms with E-state index in [1.807, 2.05) is 24.3 Å². The van der Waals surface area contributed by atoms with Gasteiger partial charge in [0.05, 0.1) is 16.9 Å². The van der Waals surface area contributed by atoms with Crippen LogP contribution in [0.25, 0.3) is 10.8 Å². The fourth-order valence-electron chi connectivity index (χ4n) is 1.99. The summed E-state index contributed by atoms with van der Waals surface area (Å²) in [5, 5.41) is 12.7. The summed E-state index contributed by atoms with van der Waals surface area (Å²) in [7, 11) is 0. The van der Waals surface area contributed by atoms with Gasteiger partial charge in [-0.15, -0.1) is 5.10 Å². The van der Waals surface area contributed by atoms with Gasteiger partial charge in [-0.1, -0.05) is 41.9 Å². The fraction of sp³-hybridized carbons (Fsp3) is 0.0625. The summed E-state index contributed by atoms with van der Waals surface area (Å²) in [6, 6.07) is 14.6. The Morgan fingerprint density at radius 2 is 1.91 bits per heavy atom. The van der Waals surface area contributed by atoms with Crippen LogP contribution in [-0.2, 0) is 4.79 Å². The molecule has 0 spiro atoms. The first-order valence-corrected chi connectivity index (χ1v) is 6.99. The number of para-hydroxylation sites is 1. The number of halogens is 1. The van der Waals surface area contributed by atoms with Crippen LogP contribution in [0, 0.1) is 0 Å². The normalized spacial score (nSPS) is 10.4. The molecule has 22 heavy (non-hydrogen) atoms. The molecule has 0 atom stereocenters. The second-order valence-corrected chi connectivity index (χ2v) is 4.96. The summed E-state index contributed by atoms with van der Waals surface area (Å²) in [5.41, 5.74) is 0.543. The average molecular weight is 314 g/mol. The maximum atomic E-state index is 11.9. The van der Waals surface area contributed by atoms with Crippen LogP contribution in [0.1, 0.15) is 0 Å². The first-order valence-electron chi connectivity index (χ1n) is 6.61. The summed E-state index contributed by atoms with van der Waals surface area (Å²) in [6.45, 7) is -0.173. The molecule has 1 N–H and O–H groups in total. The Kier molecular flexibility index (Phi) is 4.16. The number of rotatable bonds is 4. The van der Waals surface area contributed by atoms with E-state index < -0.39 is 0 Å². The highest BCUT2D eigenvalue weighted by atomic mass is 35.5. The number of nitrogens with zero attached hydrogens (tertiary/aromatic N) is 2. The highest BCUT2D eigenvalue weighted by Crippen LogP contribution is 2.22. The third-order valence-electron chi connectivity index (χ3n) is 3.02. The van der Waals surface area contributed by atoms with Crippen molar-refractivity contribution in [3.8, 4) is 5.88 Å². The van der Waals surface area contributed by atoms with E-state index in [0.717, 1.165) is 10.8 Å². The van der Waals surface area contributed by atoms with Gasteiger partial charge in [0, 0.05) is 10.8 Å². The van der Waals surface area contributed by atoms with Crippen LogP contribution in [-0.4, -0.2) is 22.7 Å². The Balaban J connectivity index is 1.69. The van der Waals surface area contributed by atoms with Gasteiger partial charge in [0.2, 0.25) is 5.88 Å². The van der Waals surface area contributed by atoms with Gasteiger partial charge in [0.1, 0.15) is 0 Å². The van der Waals surface area contributed by atoms with Crippen molar-refractivity contribution in [3.63, 3.8) is 0 Å². The Labute approximate surface area is 131 Å². The number of nitrogens with one attached hydrogen (secondary N) is 1. The van der Waals surface area contributed by atoms with Crippen LogP contribution < -0.4 is 10.1 Å². The Hall–Kier alpha value is -2.66. The number of hydrogen-bond acceptors (Lipinski definition) is 4. The predicted octanol–water partition coefficient (Wildman–Crippen LogP) is 3.30. The van der Waals surface area contributed by atoms with Crippen LogP contribution in [0.4, 0.5) is 5.69 Å². The van der Waals surface area contributed by atoms with E-state index in [2.05, 4.69) is 15.5 Å². The number of amides is 1. The van der Waals surface area contributed by atoms with Crippen molar-refractivity contribution in [2.75, 3.05) is 11.9 Å². The molecule has 0 radical (unpaired) electrons. The number of fused-ring (bicyclic) bond motifs is 1. The van der Waals surface area contributed by atoms with E-state index in [1.165, 1.54) is 0 Å². The number of carbonyl (C=O) groups excluding carboxylic acids is 1. The van der Waals surface area contributed by atoms with Crippen LogP contribution >= 0.6 is 11.6 Å². The molecule has 0 aliphatic heterocycles. The fourth-order valence-corrected chi connectivity index (χ4v) is 2.17. The lowest BCUT2D eigenvalue weighted by Crippen LogP contribution is -2.20. The zero-order valence-electron chi connectivity index (χ0n) is 11.5. The Morgan fingerprint density at radius 3 is 2.77 bits per heavy atom. The quantitative estimate of drug-likeness (QED) is 0.802. The number of hydrogen-bond donors (Lipinski definition) is 1. The molecule has 0 saturated carbocycles. The minimum atomic E-state index is -0.317. The molecule has 0 unspecified atom stereocenters. The molecule has 2 aromatic carbocycles. The smallest absolute Gasteiger partial charge is 0.262 e. The molecule has 1 aromatic heterocycles. The predicted molar refractivity (Wildman–Crippen MR) is 85.1 cm³/mol. The maximum absolute atomic E-state index is 11.9. The van der Waals surface area contributed by atoms with Gasteiger partial charge < -0.3 is 10.1 Å². The van der Waals surface area contributed by atoms with Crippen LogP contribution in [0.2, 0.25) is 5.02 Å². The number of anilines is 1. The molecule has 0 aliphatic carbocycles. The molecular formula is C16H12ClN3O2. The van der Waals surface area contributed by atoms with Crippen LogP contribution in [0.3, 0.4) is 0 Å².